The molecule has 0 saturated heterocycles. The van der Waals surface area contributed by atoms with Gasteiger partial charge in [0.2, 0.25) is 0 Å². The van der Waals surface area contributed by atoms with Gasteiger partial charge in [-0.3, -0.25) is 4.79 Å². The number of Topliss-reactive ketones (excluding diaryl/α,β-unsaturated/α-hetero) is 1. The molecule has 0 amide bonds. The summed E-state index contributed by atoms with van der Waals surface area (Å²) in [5, 5.41) is 10.6. The molecule has 1 fully saturated rings. The van der Waals surface area contributed by atoms with Crippen LogP contribution in [-0.4, -0.2) is 36.7 Å². The zero-order valence-electron chi connectivity index (χ0n) is 11.6. The SMILES string of the molecule is COC(=O)[C@@]1(O)CC(=O)CC[C@H]1c1ccc(OC)cc1. The molecular formula is C15H18O5. The maximum absolute atomic E-state index is 11.9. The molecule has 0 heterocycles. The van der Waals surface area contributed by atoms with Crippen LogP contribution in [0.15, 0.2) is 24.3 Å². The number of carbonyl (C=O) groups is 2. The lowest BCUT2D eigenvalue weighted by Gasteiger charge is -2.37. The average Bonchev–Trinajstić information content (AvgIpc) is 2.46. The number of aliphatic hydroxyl groups is 1. The summed E-state index contributed by atoms with van der Waals surface area (Å²) in [6.45, 7) is 0. The van der Waals surface area contributed by atoms with E-state index < -0.39 is 17.5 Å². The van der Waals surface area contributed by atoms with Crippen LogP contribution in [0.4, 0.5) is 0 Å². The van der Waals surface area contributed by atoms with E-state index in [4.69, 9.17) is 4.74 Å². The second kappa shape index (κ2) is 5.63. The average molecular weight is 278 g/mol. The molecule has 5 nitrogen and oxygen atoms in total. The molecule has 1 aliphatic carbocycles. The van der Waals surface area contributed by atoms with Crippen LogP contribution in [-0.2, 0) is 14.3 Å². The van der Waals surface area contributed by atoms with Crippen LogP contribution in [0.5, 0.6) is 5.75 Å². The van der Waals surface area contributed by atoms with E-state index in [9.17, 15) is 14.7 Å². The van der Waals surface area contributed by atoms with E-state index in [1.54, 1.807) is 31.4 Å². The highest BCUT2D eigenvalue weighted by Gasteiger charge is 2.49. The highest BCUT2D eigenvalue weighted by atomic mass is 16.5. The molecule has 1 aromatic rings. The second-order valence-corrected chi connectivity index (χ2v) is 5.00. The van der Waals surface area contributed by atoms with Crippen molar-refractivity contribution in [2.45, 2.75) is 30.8 Å². The molecular weight excluding hydrogens is 260 g/mol. The van der Waals surface area contributed by atoms with Crippen LogP contribution < -0.4 is 4.74 Å². The topological polar surface area (TPSA) is 72.8 Å². The van der Waals surface area contributed by atoms with Crippen LogP contribution >= 0.6 is 0 Å². The normalized spacial score (nSPS) is 26.1. The molecule has 0 aliphatic heterocycles. The van der Waals surface area contributed by atoms with Crippen molar-refractivity contribution < 1.29 is 24.2 Å². The van der Waals surface area contributed by atoms with Crippen LogP contribution in [0.2, 0.25) is 0 Å². The Bertz CT molecular complexity index is 508. The number of rotatable bonds is 3. The second-order valence-electron chi connectivity index (χ2n) is 5.00. The summed E-state index contributed by atoms with van der Waals surface area (Å²) in [4.78, 5) is 23.5. The lowest BCUT2D eigenvalue weighted by Crippen LogP contribution is -2.49. The number of benzene rings is 1. The number of hydrogen-bond acceptors (Lipinski definition) is 5. The van der Waals surface area contributed by atoms with E-state index in [0.29, 0.717) is 18.6 Å². The van der Waals surface area contributed by atoms with Crippen LogP contribution in [0.3, 0.4) is 0 Å². The van der Waals surface area contributed by atoms with Crippen molar-refractivity contribution >= 4 is 11.8 Å². The highest BCUT2D eigenvalue weighted by molar-refractivity contribution is 5.91. The van der Waals surface area contributed by atoms with Gasteiger partial charge in [-0.05, 0) is 24.1 Å². The zero-order chi connectivity index (χ0) is 14.8. The Kier molecular flexibility index (Phi) is 4.09. The van der Waals surface area contributed by atoms with E-state index in [0.717, 1.165) is 5.56 Å². The molecule has 1 N–H and O–H groups in total. The quantitative estimate of drug-likeness (QED) is 0.847. The minimum absolute atomic E-state index is 0.123. The van der Waals surface area contributed by atoms with E-state index >= 15 is 0 Å². The zero-order valence-corrected chi connectivity index (χ0v) is 11.6. The van der Waals surface area contributed by atoms with Gasteiger partial charge in [0.15, 0.2) is 5.60 Å². The van der Waals surface area contributed by atoms with Crippen LogP contribution in [0.1, 0.15) is 30.7 Å². The molecule has 108 valence electrons. The molecule has 0 unspecified atom stereocenters. The Hall–Kier alpha value is -1.88. The summed E-state index contributed by atoms with van der Waals surface area (Å²) >= 11 is 0. The monoisotopic (exact) mass is 278 g/mol. The summed E-state index contributed by atoms with van der Waals surface area (Å²) in [6, 6.07) is 7.13. The maximum atomic E-state index is 11.9. The number of hydrogen-bond donors (Lipinski definition) is 1. The molecule has 20 heavy (non-hydrogen) atoms. The van der Waals surface area contributed by atoms with Gasteiger partial charge in [0.25, 0.3) is 0 Å². The molecule has 0 aromatic heterocycles. The van der Waals surface area contributed by atoms with Crippen LogP contribution in [0.25, 0.3) is 0 Å². The molecule has 1 saturated carbocycles. The minimum atomic E-state index is -1.78. The predicted molar refractivity (Wildman–Crippen MR) is 71.6 cm³/mol. The van der Waals surface area contributed by atoms with Crippen molar-refractivity contribution in [3.63, 3.8) is 0 Å². The Balaban J connectivity index is 2.35. The van der Waals surface area contributed by atoms with Gasteiger partial charge in [0.05, 0.1) is 14.2 Å². The summed E-state index contributed by atoms with van der Waals surface area (Å²) in [6.07, 6.45) is 0.586. The largest absolute Gasteiger partial charge is 0.497 e. The number of ether oxygens (including phenoxy) is 2. The lowest BCUT2D eigenvalue weighted by atomic mass is 9.71. The van der Waals surface area contributed by atoms with E-state index in [1.807, 2.05) is 0 Å². The molecule has 0 spiro atoms. The number of carbonyl (C=O) groups excluding carboxylic acids is 2. The van der Waals surface area contributed by atoms with E-state index in [1.165, 1.54) is 7.11 Å². The Labute approximate surface area is 117 Å². The Morgan fingerprint density at radius 2 is 1.95 bits per heavy atom. The molecule has 1 aromatic carbocycles. The fourth-order valence-electron chi connectivity index (χ4n) is 2.73. The number of esters is 1. The van der Waals surface area contributed by atoms with Gasteiger partial charge < -0.3 is 14.6 Å². The smallest absolute Gasteiger partial charge is 0.338 e. The summed E-state index contributed by atoms with van der Waals surface area (Å²) < 4.78 is 9.76. The first-order valence-corrected chi connectivity index (χ1v) is 6.47. The molecule has 2 rings (SSSR count). The van der Waals surface area contributed by atoms with Crippen molar-refractivity contribution in [2.75, 3.05) is 14.2 Å². The summed E-state index contributed by atoms with van der Waals surface area (Å²) in [7, 11) is 2.78. The van der Waals surface area contributed by atoms with E-state index in [-0.39, 0.29) is 12.2 Å². The summed E-state index contributed by atoms with van der Waals surface area (Å²) in [5.74, 6) is -0.630. The first-order chi connectivity index (χ1) is 9.51. The van der Waals surface area contributed by atoms with Gasteiger partial charge in [0, 0.05) is 18.8 Å². The maximum Gasteiger partial charge on any atom is 0.338 e. The standard InChI is InChI=1S/C15H18O5/c1-19-12-6-3-10(4-7-12)13-8-5-11(16)9-15(13,18)14(17)20-2/h3-4,6-7,13,18H,5,8-9H2,1-2H3/t13-,15+/m0/s1. The van der Waals surface area contributed by atoms with E-state index in [2.05, 4.69) is 4.74 Å². The first-order valence-electron chi connectivity index (χ1n) is 6.47. The van der Waals surface area contributed by atoms with Gasteiger partial charge in [-0.1, -0.05) is 12.1 Å². The lowest BCUT2D eigenvalue weighted by molar-refractivity contribution is -0.170. The van der Waals surface area contributed by atoms with Crippen molar-refractivity contribution in [2.24, 2.45) is 0 Å². The van der Waals surface area contributed by atoms with Gasteiger partial charge in [-0.15, -0.1) is 0 Å². The fourth-order valence-corrected chi connectivity index (χ4v) is 2.73. The Morgan fingerprint density at radius 1 is 1.30 bits per heavy atom. The molecule has 0 radical (unpaired) electrons. The van der Waals surface area contributed by atoms with Crippen molar-refractivity contribution in [3.8, 4) is 5.75 Å². The predicted octanol–water partition coefficient (Wildman–Crippen LogP) is 1.44. The fraction of sp³-hybridized carbons (Fsp3) is 0.467. The van der Waals surface area contributed by atoms with Gasteiger partial charge in [0.1, 0.15) is 11.5 Å². The van der Waals surface area contributed by atoms with Gasteiger partial charge >= 0.3 is 5.97 Å². The highest BCUT2D eigenvalue weighted by Crippen LogP contribution is 2.40. The van der Waals surface area contributed by atoms with Gasteiger partial charge in [-0.2, -0.15) is 0 Å². The van der Waals surface area contributed by atoms with Crippen molar-refractivity contribution in [3.05, 3.63) is 29.8 Å². The molecule has 2 atom stereocenters. The Morgan fingerprint density at radius 3 is 2.50 bits per heavy atom. The molecule has 0 bridgehead atoms. The van der Waals surface area contributed by atoms with Crippen molar-refractivity contribution in [1.82, 2.24) is 0 Å². The third-order valence-electron chi connectivity index (χ3n) is 3.81. The number of ketones is 1. The summed E-state index contributed by atoms with van der Waals surface area (Å²) in [5.41, 5.74) is -0.982. The third kappa shape index (κ3) is 2.54. The molecule has 5 heteroatoms. The van der Waals surface area contributed by atoms with Gasteiger partial charge in [-0.25, -0.2) is 4.79 Å². The minimum Gasteiger partial charge on any atom is -0.497 e. The van der Waals surface area contributed by atoms with Crippen molar-refractivity contribution in [1.29, 1.82) is 0 Å². The van der Waals surface area contributed by atoms with Crippen LogP contribution in [0, 0.1) is 0 Å². The third-order valence-corrected chi connectivity index (χ3v) is 3.81. The first kappa shape index (κ1) is 14.5. The molecule has 1 aliphatic rings. The number of methoxy groups -OCH3 is 2.